The number of ether oxygens (including phenoxy) is 1. The lowest BCUT2D eigenvalue weighted by Crippen LogP contribution is -2.15. The van der Waals surface area contributed by atoms with E-state index in [0.29, 0.717) is 12.4 Å². The van der Waals surface area contributed by atoms with E-state index in [1.165, 1.54) is 12.1 Å². The van der Waals surface area contributed by atoms with E-state index in [1.54, 1.807) is 6.07 Å². The summed E-state index contributed by atoms with van der Waals surface area (Å²) < 4.78 is 5.57. The maximum atomic E-state index is 10.8. The molecule has 20 heavy (non-hydrogen) atoms. The van der Waals surface area contributed by atoms with Crippen molar-refractivity contribution >= 4 is 17.4 Å². The highest BCUT2D eigenvalue weighted by Crippen LogP contribution is 2.21. The van der Waals surface area contributed by atoms with Gasteiger partial charge in [-0.3, -0.25) is 5.41 Å². The summed E-state index contributed by atoms with van der Waals surface area (Å²) in [6.07, 6.45) is 0. The molecule has 0 saturated carbocycles. The van der Waals surface area contributed by atoms with Gasteiger partial charge >= 0.3 is 5.97 Å². The largest absolute Gasteiger partial charge is 0.489 e. The van der Waals surface area contributed by atoms with Crippen molar-refractivity contribution < 1.29 is 14.6 Å². The molecule has 0 unspecified atom stereocenters. The first-order chi connectivity index (χ1) is 9.58. The highest BCUT2D eigenvalue weighted by atomic mass is 16.5. The Kier molecular flexibility index (Phi) is 4.00. The van der Waals surface area contributed by atoms with E-state index in [1.807, 2.05) is 30.3 Å². The van der Waals surface area contributed by atoms with Gasteiger partial charge in [-0.25, -0.2) is 4.79 Å². The van der Waals surface area contributed by atoms with Gasteiger partial charge in [-0.15, -0.1) is 0 Å². The lowest BCUT2D eigenvalue weighted by atomic mass is 10.1. The predicted molar refractivity (Wildman–Crippen MR) is 76.1 cm³/mol. The van der Waals surface area contributed by atoms with E-state index < -0.39 is 11.7 Å². The fourth-order valence-corrected chi connectivity index (χ4v) is 1.70. The van der Waals surface area contributed by atoms with Crippen molar-refractivity contribution in [2.24, 2.45) is 0 Å². The SMILES string of the molecule is N=C(C(=O)O)c1cc(OCc2ccccc2)ccc1N. The van der Waals surface area contributed by atoms with E-state index in [0.717, 1.165) is 5.56 Å². The van der Waals surface area contributed by atoms with Crippen LogP contribution >= 0.6 is 0 Å². The van der Waals surface area contributed by atoms with Gasteiger partial charge < -0.3 is 15.6 Å². The van der Waals surface area contributed by atoms with Gasteiger partial charge in [0.25, 0.3) is 0 Å². The molecule has 0 heterocycles. The summed E-state index contributed by atoms with van der Waals surface area (Å²) in [6.45, 7) is 0.366. The Balaban J connectivity index is 2.15. The standard InChI is InChI=1S/C15H14N2O3/c16-13-7-6-11(8-12(13)14(17)15(18)19)20-9-10-4-2-1-3-5-10/h1-8,17H,9,16H2,(H,18,19). The summed E-state index contributed by atoms with van der Waals surface area (Å²) >= 11 is 0. The van der Waals surface area contributed by atoms with Crippen molar-refractivity contribution in [3.8, 4) is 5.75 Å². The first-order valence-electron chi connectivity index (χ1n) is 5.96. The lowest BCUT2D eigenvalue weighted by Gasteiger charge is -2.09. The molecule has 0 bridgehead atoms. The molecular weight excluding hydrogens is 256 g/mol. The molecule has 0 radical (unpaired) electrons. The Labute approximate surface area is 116 Å². The van der Waals surface area contributed by atoms with Crippen molar-refractivity contribution in [3.63, 3.8) is 0 Å². The highest BCUT2D eigenvalue weighted by Gasteiger charge is 2.14. The minimum Gasteiger partial charge on any atom is -0.489 e. The molecule has 0 aromatic heterocycles. The molecule has 0 fully saturated rings. The van der Waals surface area contributed by atoms with Crippen LogP contribution in [-0.4, -0.2) is 16.8 Å². The fraction of sp³-hybridized carbons (Fsp3) is 0.0667. The molecule has 0 aliphatic rings. The number of benzene rings is 2. The lowest BCUT2D eigenvalue weighted by molar-refractivity contribution is -0.129. The van der Waals surface area contributed by atoms with E-state index >= 15 is 0 Å². The summed E-state index contributed by atoms with van der Waals surface area (Å²) in [5.41, 5.74) is 6.52. The van der Waals surface area contributed by atoms with Crippen LogP contribution < -0.4 is 10.5 Å². The van der Waals surface area contributed by atoms with Crippen molar-refractivity contribution in [1.29, 1.82) is 5.41 Å². The molecule has 0 amide bonds. The zero-order valence-electron chi connectivity index (χ0n) is 10.7. The number of hydrogen-bond donors (Lipinski definition) is 3. The second-order valence-corrected chi connectivity index (χ2v) is 4.20. The van der Waals surface area contributed by atoms with Gasteiger partial charge in [0.2, 0.25) is 0 Å². The normalized spacial score (nSPS) is 10.0. The van der Waals surface area contributed by atoms with Gasteiger partial charge in [0.15, 0.2) is 0 Å². The molecule has 0 aliphatic carbocycles. The van der Waals surface area contributed by atoms with Crippen molar-refractivity contribution in [2.45, 2.75) is 6.61 Å². The Morgan fingerprint density at radius 3 is 2.55 bits per heavy atom. The van der Waals surface area contributed by atoms with Crippen LogP contribution in [0.4, 0.5) is 5.69 Å². The quantitative estimate of drug-likeness (QED) is 0.573. The monoisotopic (exact) mass is 270 g/mol. The third kappa shape index (κ3) is 3.14. The second-order valence-electron chi connectivity index (χ2n) is 4.20. The van der Waals surface area contributed by atoms with Gasteiger partial charge in [0.05, 0.1) is 0 Å². The summed E-state index contributed by atoms with van der Waals surface area (Å²) in [5.74, 6) is -0.846. The van der Waals surface area contributed by atoms with Crippen LogP contribution in [0.15, 0.2) is 48.5 Å². The number of nitrogens with two attached hydrogens (primary N) is 1. The first kappa shape index (κ1) is 13.6. The maximum absolute atomic E-state index is 10.8. The number of aliphatic carboxylic acids is 1. The number of anilines is 1. The number of carbonyl (C=O) groups is 1. The van der Waals surface area contributed by atoms with Gasteiger partial charge in [0, 0.05) is 11.3 Å². The summed E-state index contributed by atoms with van der Waals surface area (Å²) in [6, 6.07) is 14.2. The highest BCUT2D eigenvalue weighted by molar-refractivity contribution is 6.42. The Bertz CT molecular complexity index is 639. The summed E-state index contributed by atoms with van der Waals surface area (Å²) in [7, 11) is 0. The van der Waals surface area contributed by atoms with Gasteiger partial charge in [0.1, 0.15) is 18.1 Å². The summed E-state index contributed by atoms with van der Waals surface area (Å²) in [5, 5.41) is 16.3. The van der Waals surface area contributed by atoms with Crippen LogP contribution in [0.5, 0.6) is 5.75 Å². The van der Waals surface area contributed by atoms with Crippen LogP contribution in [0.3, 0.4) is 0 Å². The number of nitrogens with one attached hydrogen (secondary N) is 1. The van der Waals surface area contributed by atoms with E-state index in [4.69, 9.17) is 21.0 Å². The topological polar surface area (TPSA) is 96.4 Å². The minimum absolute atomic E-state index is 0.156. The molecule has 5 nitrogen and oxygen atoms in total. The van der Waals surface area contributed by atoms with Crippen LogP contribution in [-0.2, 0) is 11.4 Å². The predicted octanol–water partition coefficient (Wildman–Crippen LogP) is 2.30. The molecule has 0 saturated heterocycles. The molecule has 2 rings (SSSR count). The molecule has 2 aromatic carbocycles. The minimum atomic E-state index is -1.32. The van der Waals surface area contributed by atoms with E-state index in [2.05, 4.69) is 0 Å². The third-order valence-corrected chi connectivity index (χ3v) is 2.76. The average molecular weight is 270 g/mol. The Hall–Kier alpha value is -2.82. The zero-order chi connectivity index (χ0) is 14.5. The van der Waals surface area contributed by atoms with Crippen molar-refractivity contribution in [2.75, 3.05) is 5.73 Å². The van der Waals surface area contributed by atoms with E-state index in [9.17, 15) is 4.79 Å². The number of nitrogen functional groups attached to an aromatic ring is 1. The van der Waals surface area contributed by atoms with Crippen LogP contribution in [0.1, 0.15) is 11.1 Å². The molecule has 5 heteroatoms. The molecule has 4 N–H and O–H groups in total. The fourth-order valence-electron chi connectivity index (χ4n) is 1.70. The number of rotatable bonds is 5. The van der Waals surface area contributed by atoms with Crippen molar-refractivity contribution in [3.05, 3.63) is 59.7 Å². The molecule has 0 aliphatic heterocycles. The second kappa shape index (κ2) is 5.88. The van der Waals surface area contributed by atoms with Crippen LogP contribution in [0.25, 0.3) is 0 Å². The maximum Gasteiger partial charge on any atom is 0.354 e. The summed E-state index contributed by atoms with van der Waals surface area (Å²) in [4.78, 5) is 10.8. The number of hydrogen-bond acceptors (Lipinski definition) is 4. The molecule has 0 spiro atoms. The van der Waals surface area contributed by atoms with Gasteiger partial charge in [-0.2, -0.15) is 0 Å². The molecule has 2 aromatic rings. The van der Waals surface area contributed by atoms with Crippen molar-refractivity contribution in [1.82, 2.24) is 0 Å². The molecule has 0 atom stereocenters. The van der Waals surface area contributed by atoms with E-state index in [-0.39, 0.29) is 11.3 Å². The first-order valence-corrected chi connectivity index (χ1v) is 5.96. The Morgan fingerprint density at radius 1 is 1.20 bits per heavy atom. The number of carboxylic acid groups (broad SMARTS) is 1. The molecule has 102 valence electrons. The van der Waals surface area contributed by atoms with Crippen LogP contribution in [0.2, 0.25) is 0 Å². The smallest absolute Gasteiger partial charge is 0.354 e. The Morgan fingerprint density at radius 2 is 1.90 bits per heavy atom. The number of carboxylic acids is 1. The average Bonchev–Trinajstić information content (AvgIpc) is 2.46. The third-order valence-electron chi connectivity index (χ3n) is 2.76. The van der Waals surface area contributed by atoms with Crippen LogP contribution in [0, 0.1) is 5.41 Å². The van der Waals surface area contributed by atoms with Gasteiger partial charge in [-0.05, 0) is 23.8 Å². The van der Waals surface area contributed by atoms with Gasteiger partial charge in [-0.1, -0.05) is 30.3 Å². The zero-order valence-corrected chi connectivity index (χ0v) is 10.7. The molecular formula is C15H14N2O3.